The Morgan fingerprint density at radius 1 is 0.952 bits per heavy atom. The summed E-state index contributed by atoms with van der Waals surface area (Å²) in [6.45, 7) is 5.98. The molecule has 0 heterocycles. The Labute approximate surface area is 126 Å². The van der Waals surface area contributed by atoms with Gasteiger partial charge in [0.1, 0.15) is 11.4 Å². The summed E-state index contributed by atoms with van der Waals surface area (Å²) in [4.78, 5) is 12.1. The molecule has 108 valence electrons. The quantitative estimate of drug-likeness (QED) is 0.596. The molecular weight excluding hydrogens is 260 g/mol. The van der Waals surface area contributed by atoms with Crippen LogP contribution in [0.15, 0.2) is 60.7 Å². The molecule has 2 rings (SSSR count). The Morgan fingerprint density at radius 3 is 2.14 bits per heavy atom. The van der Waals surface area contributed by atoms with Crippen molar-refractivity contribution in [2.45, 2.75) is 26.4 Å². The standard InChI is InChI=1S/C19H20O2/c1-19(2,3)21-17-12-10-16(11-13-17)18(20)14-9-15-7-5-4-6-8-15/h4-14H,1-3H3/b14-9+. The van der Waals surface area contributed by atoms with Gasteiger partial charge in [-0.3, -0.25) is 4.79 Å². The highest BCUT2D eigenvalue weighted by Crippen LogP contribution is 2.19. The average molecular weight is 280 g/mol. The molecule has 0 bridgehead atoms. The maximum atomic E-state index is 12.1. The minimum absolute atomic E-state index is 0.0128. The van der Waals surface area contributed by atoms with E-state index < -0.39 is 0 Å². The predicted octanol–water partition coefficient (Wildman–Crippen LogP) is 4.76. The highest BCUT2D eigenvalue weighted by molar-refractivity contribution is 6.06. The molecule has 2 aromatic rings. The van der Waals surface area contributed by atoms with Gasteiger partial charge in [0.25, 0.3) is 0 Å². The normalized spacial score (nSPS) is 11.6. The minimum atomic E-state index is -0.237. The van der Waals surface area contributed by atoms with Crippen molar-refractivity contribution >= 4 is 11.9 Å². The van der Waals surface area contributed by atoms with Crippen LogP contribution >= 0.6 is 0 Å². The molecule has 2 heteroatoms. The van der Waals surface area contributed by atoms with Crippen LogP contribution in [0, 0.1) is 0 Å². The third-order valence-electron chi connectivity index (χ3n) is 2.79. The summed E-state index contributed by atoms with van der Waals surface area (Å²) < 4.78 is 5.74. The predicted molar refractivity (Wildman–Crippen MR) is 86.6 cm³/mol. The van der Waals surface area contributed by atoms with Crippen molar-refractivity contribution in [1.29, 1.82) is 0 Å². The van der Waals surface area contributed by atoms with Crippen LogP contribution < -0.4 is 4.74 Å². The van der Waals surface area contributed by atoms with E-state index in [0.717, 1.165) is 11.3 Å². The van der Waals surface area contributed by atoms with E-state index in [9.17, 15) is 4.79 Å². The zero-order valence-corrected chi connectivity index (χ0v) is 12.7. The molecule has 0 spiro atoms. The molecular formula is C19H20O2. The van der Waals surface area contributed by atoms with Crippen molar-refractivity contribution in [3.05, 3.63) is 71.8 Å². The second kappa shape index (κ2) is 6.40. The van der Waals surface area contributed by atoms with Gasteiger partial charge in [-0.15, -0.1) is 0 Å². The van der Waals surface area contributed by atoms with E-state index >= 15 is 0 Å². The number of hydrogen-bond acceptors (Lipinski definition) is 2. The molecule has 0 saturated carbocycles. The number of hydrogen-bond donors (Lipinski definition) is 0. The molecule has 0 aliphatic heterocycles. The average Bonchev–Trinajstić information content (AvgIpc) is 2.45. The van der Waals surface area contributed by atoms with E-state index in [1.807, 2.05) is 69.3 Å². The third-order valence-corrected chi connectivity index (χ3v) is 2.79. The summed E-state index contributed by atoms with van der Waals surface area (Å²) in [5.41, 5.74) is 1.43. The number of rotatable bonds is 4. The highest BCUT2D eigenvalue weighted by atomic mass is 16.5. The summed E-state index contributed by atoms with van der Waals surface area (Å²) in [6, 6.07) is 17.0. The highest BCUT2D eigenvalue weighted by Gasteiger charge is 2.11. The molecule has 0 atom stereocenters. The molecule has 0 aliphatic carbocycles. The molecule has 0 fully saturated rings. The molecule has 0 radical (unpaired) electrons. The second-order valence-corrected chi connectivity index (χ2v) is 5.85. The molecule has 0 aromatic heterocycles. The first-order valence-corrected chi connectivity index (χ1v) is 7.01. The molecule has 21 heavy (non-hydrogen) atoms. The molecule has 2 nitrogen and oxygen atoms in total. The smallest absolute Gasteiger partial charge is 0.185 e. The van der Waals surface area contributed by atoms with Gasteiger partial charge in [-0.05, 0) is 56.7 Å². The lowest BCUT2D eigenvalue weighted by atomic mass is 10.1. The summed E-state index contributed by atoms with van der Waals surface area (Å²) in [5.74, 6) is 0.757. The minimum Gasteiger partial charge on any atom is -0.488 e. The zero-order valence-electron chi connectivity index (χ0n) is 12.7. The van der Waals surface area contributed by atoms with E-state index in [2.05, 4.69) is 0 Å². The van der Waals surface area contributed by atoms with E-state index in [0.29, 0.717) is 5.56 Å². The maximum Gasteiger partial charge on any atom is 0.185 e. The van der Waals surface area contributed by atoms with Crippen LogP contribution in [0.3, 0.4) is 0 Å². The number of carbonyl (C=O) groups excluding carboxylic acids is 1. The van der Waals surface area contributed by atoms with Crippen molar-refractivity contribution in [3.8, 4) is 5.75 Å². The summed E-state index contributed by atoms with van der Waals surface area (Å²) >= 11 is 0. The van der Waals surface area contributed by atoms with E-state index in [-0.39, 0.29) is 11.4 Å². The first-order valence-electron chi connectivity index (χ1n) is 7.01. The number of benzene rings is 2. The number of carbonyl (C=O) groups is 1. The van der Waals surface area contributed by atoms with Crippen LogP contribution in [0.5, 0.6) is 5.75 Å². The lowest BCUT2D eigenvalue weighted by Crippen LogP contribution is -2.22. The van der Waals surface area contributed by atoms with Crippen LogP contribution in [0.4, 0.5) is 0 Å². The van der Waals surface area contributed by atoms with Crippen LogP contribution in [-0.4, -0.2) is 11.4 Å². The Kier molecular flexibility index (Phi) is 4.59. The van der Waals surface area contributed by atoms with E-state index in [4.69, 9.17) is 4.74 Å². The van der Waals surface area contributed by atoms with Crippen LogP contribution in [0.1, 0.15) is 36.7 Å². The van der Waals surface area contributed by atoms with Crippen LogP contribution in [-0.2, 0) is 0 Å². The van der Waals surface area contributed by atoms with Gasteiger partial charge in [0.05, 0.1) is 0 Å². The van der Waals surface area contributed by atoms with Gasteiger partial charge < -0.3 is 4.74 Å². The van der Waals surface area contributed by atoms with Gasteiger partial charge in [-0.2, -0.15) is 0 Å². The number of allylic oxidation sites excluding steroid dienone is 1. The van der Waals surface area contributed by atoms with E-state index in [1.165, 1.54) is 0 Å². The largest absolute Gasteiger partial charge is 0.488 e. The molecule has 0 amide bonds. The van der Waals surface area contributed by atoms with Crippen molar-refractivity contribution < 1.29 is 9.53 Å². The van der Waals surface area contributed by atoms with Crippen molar-refractivity contribution in [2.24, 2.45) is 0 Å². The summed E-state index contributed by atoms with van der Waals surface area (Å²) in [6.07, 6.45) is 3.41. The molecule has 0 N–H and O–H groups in total. The summed E-state index contributed by atoms with van der Waals surface area (Å²) in [7, 11) is 0. The van der Waals surface area contributed by atoms with Gasteiger partial charge in [0, 0.05) is 5.56 Å². The lowest BCUT2D eigenvalue weighted by molar-refractivity contribution is 0.104. The van der Waals surface area contributed by atoms with Gasteiger partial charge in [0.15, 0.2) is 5.78 Å². The topological polar surface area (TPSA) is 26.3 Å². The summed E-state index contributed by atoms with van der Waals surface area (Å²) in [5, 5.41) is 0. The van der Waals surface area contributed by atoms with Crippen molar-refractivity contribution in [1.82, 2.24) is 0 Å². The fraction of sp³-hybridized carbons (Fsp3) is 0.211. The van der Waals surface area contributed by atoms with Crippen LogP contribution in [0.2, 0.25) is 0 Å². The Morgan fingerprint density at radius 2 is 1.57 bits per heavy atom. The molecule has 2 aromatic carbocycles. The number of ketones is 1. The fourth-order valence-electron chi connectivity index (χ4n) is 1.87. The zero-order chi connectivity index (χ0) is 15.3. The molecule has 0 saturated heterocycles. The molecule has 0 unspecified atom stereocenters. The lowest BCUT2D eigenvalue weighted by Gasteiger charge is -2.21. The third kappa shape index (κ3) is 4.92. The van der Waals surface area contributed by atoms with Gasteiger partial charge in [0.2, 0.25) is 0 Å². The second-order valence-electron chi connectivity index (χ2n) is 5.85. The van der Waals surface area contributed by atoms with Gasteiger partial charge in [-0.25, -0.2) is 0 Å². The van der Waals surface area contributed by atoms with Crippen LogP contribution in [0.25, 0.3) is 6.08 Å². The Balaban J connectivity index is 2.05. The first kappa shape index (κ1) is 15.0. The fourth-order valence-corrected chi connectivity index (χ4v) is 1.87. The van der Waals surface area contributed by atoms with E-state index in [1.54, 1.807) is 18.2 Å². The first-order chi connectivity index (χ1) is 9.94. The number of ether oxygens (including phenoxy) is 1. The van der Waals surface area contributed by atoms with Crippen molar-refractivity contribution in [3.63, 3.8) is 0 Å². The Bertz CT molecular complexity index is 617. The van der Waals surface area contributed by atoms with Crippen molar-refractivity contribution in [2.75, 3.05) is 0 Å². The maximum absolute atomic E-state index is 12.1. The SMILES string of the molecule is CC(C)(C)Oc1ccc(C(=O)/C=C/c2ccccc2)cc1. The van der Waals surface area contributed by atoms with Gasteiger partial charge >= 0.3 is 0 Å². The van der Waals surface area contributed by atoms with Gasteiger partial charge in [-0.1, -0.05) is 36.4 Å². The monoisotopic (exact) mass is 280 g/mol. The molecule has 0 aliphatic rings. The Hall–Kier alpha value is -2.35.